The molecular weight excluding hydrogens is 434 g/mol. The Balaban J connectivity index is 0.00000245. The molecule has 32 heavy (non-hydrogen) atoms. The number of rotatable bonds is 5. The van der Waals surface area contributed by atoms with Gasteiger partial charge in [-0.25, -0.2) is 14.3 Å². The van der Waals surface area contributed by atoms with Gasteiger partial charge >= 0.3 is 0 Å². The molecule has 2 aliphatic heterocycles. The van der Waals surface area contributed by atoms with Crippen molar-refractivity contribution in [2.45, 2.75) is 25.6 Å². The van der Waals surface area contributed by atoms with Gasteiger partial charge in [0.05, 0.1) is 19.9 Å². The first-order valence-corrected chi connectivity index (χ1v) is 10.1. The molecule has 168 valence electrons. The third kappa shape index (κ3) is 4.16. The average molecular weight is 458 g/mol. The van der Waals surface area contributed by atoms with E-state index in [1.54, 1.807) is 16.6 Å². The van der Waals surface area contributed by atoms with E-state index >= 15 is 0 Å². The fourth-order valence-electron chi connectivity index (χ4n) is 3.69. The van der Waals surface area contributed by atoms with Crippen molar-refractivity contribution in [3.8, 4) is 0 Å². The zero-order valence-corrected chi connectivity index (χ0v) is 18.3. The van der Waals surface area contributed by atoms with E-state index in [9.17, 15) is 9.59 Å². The van der Waals surface area contributed by atoms with Gasteiger partial charge in [-0.1, -0.05) is 30.3 Å². The summed E-state index contributed by atoms with van der Waals surface area (Å²) >= 11 is 0. The number of nitrogens with zero attached hydrogens (tertiary/aromatic N) is 7. The number of aryl methyl sites for hydroxylation is 1. The Hall–Kier alpha value is -3.44. The van der Waals surface area contributed by atoms with Gasteiger partial charge in [0.1, 0.15) is 18.2 Å². The summed E-state index contributed by atoms with van der Waals surface area (Å²) < 4.78 is 3.41. The van der Waals surface area contributed by atoms with Gasteiger partial charge in [-0.2, -0.15) is 5.10 Å². The second-order valence-corrected chi connectivity index (χ2v) is 7.65. The van der Waals surface area contributed by atoms with Gasteiger partial charge in [0.25, 0.3) is 11.8 Å². The van der Waals surface area contributed by atoms with Crippen LogP contribution < -0.4 is 20.4 Å². The summed E-state index contributed by atoms with van der Waals surface area (Å²) in [6.07, 6.45) is 1.96. The molecule has 0 saturated carbocycles. The fraction of sp³-hybridized carbons (Fsp3) is 0.350. The van der Waals surface area contributed by atoms with Crippen molar-refractivity contribution in [2.24, 2.45) is 0 Å². The Bertz CT molecular complexity index is 1110. The Labute approximate surface area is 190 Å². The van der Waals surface area contributed by atoms with Crippen LogP contribution in [0.3, 0.4) is 0 Å². The van der Waals surface area contributed by atoms with Crippen molar-refractivity contribution in [2.75, 3.05) is 30.2 Å². The van der Waals surface area contributed by atoms with E-state index < -0.39 is 11.9 Å². The van der Waals surface area contributed by atoms with Gasteiger partial charge in [0.15, 0.2) is 5.82 Å². The SMILES string of the molecule is CN1C(=O)[C@@H](NC(=O)c2ncn(Cc3ccccc3)n2)CCn2nc(N3CNC3)cc21.Cl. The minimum absolute atomic E-state index is 0. The van der Waals surface area contributed by atoms with Gasteiger partial charge < -0.3 is 10.2 Å². The van der Waals surface area contributed by atoms with Crippen LogP contribution in [0, 0.1) is 0 Å². The minimum Gasteiger partial charge on any atom is -0.337 e. The maximum atomic E-state index is 13.0. The van der Waals surface area contributed by atoms with E-state index in [1.807, 2.05) is 41.1 Å². The van der Waals surface area contributed by atoms with E-state index in [-0.39, 0.29) is 24.1 Å². The van der Waals surface area contributed by atoms with Crippen molar-refractivity contribution < 1.29 is 9.59 Å². The van der Waals surface area contributed by atoms with Crippen LogP contribution >= 0.6 is 12.4 Å². The van der Waals surface area contributed by atoms with Crippen molar-refractivity contribution in [3.05, 3.63) is 54.1 Å². The Morgan fingerprint density at radius 3 is 2.72 bits per heavy atom. The molecule has 2 N–H and O–H groups in total. The zero-order valence-electron chi connectivity index (χ0n) is 17.5. The second kappa shape index (κ2) is 8.97. The number of benzene rings is 1. The molecule has 1 saturated heterocycles. The molecule has 0 aliphatic carbocycles. The highest BCUT2D eigenvalue weighted by atomic mass is 35.5. The molecule has 0 radical (unpaired) electrons. The number of likely N-dealkylation sites (N-methyl/N-ethyl adjacent to an activating group) is 1. The first-order chi connectivity index (χ1) is 15.1. The molecule has 2 aromatic heterocycles. The van der Waals surface area contributed by atoms with Crippen LogP contribution in [0.4, 0.5) is 11.6 Å². The predicted molar refractivity (Wildman–Crippen MR) is 120 cm³/mol. The van der Waals surface area contributed by atoms with Gasteiger partial charge in [-0.3, -0.25) is 19.8 Å². The highest BCUT2D eigenvalue weighted by Crippen LogP contribution is 2.26. The van der Waals surface area contributed by atoms with Gasteiger partial charge in [-0.15, -0.1) is 17.5 Å². The largest absolute Gasteiger partial charge is 0.337 e. The number of hydrogen-bond acceptors (Lipinski definition) is 7. The highest BCUT2D eigenvalue weighted by Gasteiger charge is 2.32. The Kier molecular flexibility index (Phi) is 6.10. The molecule has 2 aliphatic rings. The summed E-state index contributed by atoms with van der Waals surface area (Å²) in [6.45, 7) is 2.53. The lowest BCUT2D eigenvalue weighted by Crippen LogP contribution is -2.52. The summed E-state index contributed by atoms with van der Waals surface area (Å²) in [4.78, 5) is 33.4. The number of halogens is 1. The van der Waals surface area contributed by atoms with Crippen molar-refractivity contribution in [1.29, 1.82) is 0 Å². The summed E-state index contributed by atoms with van der Waals surface area (Å²) in [5, 5.41) is 14.8. The van der Waals surface area contributed by atoms with Gasteiger partial charge in [0, 0.05) is 19.7 Å². The lowest BCUT2D eigenvalue weighted by Gasteiger charge is -2.31. The molecule has 1 atom stereocenters. The Morgan fingerprint density at radius 1 is 1.22 bits per heavy atom. The number of carbonyl (C=O) groups excluding carboxylic acids is 2. The number of carbonyl (C=O) groups is 2. The van der Waals surface area contributed by atoms with Crippen LogP contribution in [0.1, 0.15) is 22.6 Å². The van der Waals surface area contributed by atoms with E-state index in [1.165, 1.54) is 6.33 Å². The summed E-state index contributed by atoms with van der Waals surface area (Å²) in [5.74, 6) is 0.938. The van der Waals surface area contributed by atoms with Gasteiger partial charge in [-0.05, 0) is 12.0 Å². The number of amides is 2. The number of hydrogen-bond donors (Lipinski definition) is 2. The van der Waals surface area contributed by atoms with Crippen LogP contribution in [0.5, 0.6) is 0 Å². The third-order valence-electron chi connectivity index (χ3n) is 5.51. The smallest absolute Gasteiger partial charge is 0.291 e. The van der Waals surface area contributed by atoms with E-state index in [0.29, 0.717) is 25.3 Å². The van der Waals surface area contributed by atoms with E-state index in [2.05, 4.69) is 30.7 Å². The molecule has 0 unspecified atom stereocenters. The standard InChI is InChI=1S/C20H23N9O2.ClH/c1-26-17-9-16(27-11-21-12-27)24-29(17)8-7-15(20(26)31)23-19(30)18-22-13-28(25-18)10-14-5-3-2-4-6-14;/h2-6,9,13,15,21H,7-8,10-12H2,1H3,(H,23,30);1H/t15-;/m0./s1. The zero-order chi connectivity index (χ0) is 21.4. The maximum absolute atomic E-state index is 13.0. The normalized spacial score (nSPS) is 17.8. The molecule has 11 nitrogen and oxygen atoms in total. The summed E-state index contributed by atoms with van der Waals surface area (Å²) in [7, 11) is 1.70. The molecule has 1 aromatic carbocycles. The Morgan fingerprint density at radius 2 is 2.00 bits per heavy atom. The molecule has 4 heterocycles. The van der Waals surface area contributed by atoms with Gasteiger partial charge in [0.2, 0.25) is 5.82 Å². The van der Waals surface area contributed by atoms with Crippen LogP contribution in [0.15, 0.2) is 42.7 Å². The topological polar surface area (TPSA) is 113 Å². The average Bonchev–Trinajstić information content (AvgIpc) is 3.34. The molecule has 0 spiro atoms. The highest BCUT2D eigenvalue weighted by molar-refractivity contribution is 6.01. The summed E-state index contributed by atoms with van der Waals surface area (Å²) in [5.41, 5.74) is 1.06. The molecule has 0 bridgehead atoms. The number of aromatic nitrogens is 5. The maximum Gasteiger partial charge on any atom is 0.291 e. The van der Waals surface area contributed by atoms with Crippen LogP contribution in [-0.2, 0) is 17.9 Å². The molecule has 12 heteroatoms. The molecular formula is C20H24ClN9O2. The number of fused-ring (bicyclic) bond motifs is 1. The minimum atomic E-state index is -0.672. The van der Waals surface area contributed by atoms with Crippen molar-refractivity contribution in [1.82, 2.24) is 35.2 Å². The monoisotopic (exact) mass is 457 g/mol. The summed E-state index contributed by atoms with van der Waals surface area (Å²) in [6, 6.07) is 11.0. The first kappa shape index (κ1) is 21.8. The first-order valence-electron chi connectivity index (χ1n) is 10.1. The third-order valence-corrected chi connectivity index (χ3v) is 5.51. The molecule has 1 fully saturated rings. The van der Waals surface area contributed by atoms with Crippen LogP contribution in [-0.4, -0.2) is 62.8 Å². The number of nitrogens with one attached hydrogen (secondary N) is 2. The lowest BCUT2D eigenvalue weighted by molar-refractivity contribution is -0.120. The van der Waals surface area contributed by atoms with Crippen LogP contribution in [0.2, 0.25) is 0 Å². The molecule has 2 amide bonds. The molecule has 3 aromatic rings. The van der Waals surface area contributed by atoms with Crippen molar-refractivity contribution >= 4 is 35.9 Å². The van der Waals surface area contributed by atoms with E-state index in [4.69, 9.17) is 0 Å². The number of anilines is 2. The predicted octanol–water partition coefficient (Wildman–Crippen LogP) is 0.434. The van der Waals surface area contributed by atoms with Crippen molar-refractivity contribution in [3.63, 3.8) is 0 Å². The quantitative estimate of drug-likeness (QED) is 0.571. The fourth-order valence-corrected chi connectivity index (χ4v) is 3.69. The molecule has 5 rings (SSSR count). The second-order valence-electron chi connectivity index (χ2n) is 7.65. The van der Waals surface area contributed by atoms with E-state index in [0.717, 1.165) is 24.7 Å². The lowest BCUT2D eigenvalue weighted by atomic mass is 10.2. The van der Waals surface area contributed by atoms with Crippen LogP contribution in [0.25, 0.3) is 0 Å².